The highest BCUT2D eigenvalue weighted by atomic mass is 15.2. The number of allylic oxidation sites excluding steroid dienone is 1. The van der Waals surface area contributed by atoms with Gasteiger partial charge in [0.15, 0.2) is 0 Å². The fraction of sp³-hybridized carbons (Fsp3) is 0.857. The lowest BCUT2D eigenvalue weighted by atomic mass is 10.0. The number of hydrogen-bond donors (Lipinski definition) is 0. The average Bonchev–Trinajstić information content (AvgIpc) is 2.26. The Morgan fingerprint density at radius 2 is 1.88 bits per heavy atom. The summed E-state index contributed by atoms with van der Waals surface area (Å²) in [5, 5.41) is 0. The maximum Gasteiger partial charge on any atom is 0.0165 e. The van der Waals surface area contributed by atoms with Crippen molar-refractivity contribution in [3.63, 3.8) is 0 Å². The van der Waals surface area contributed by atoms with E-state index in [9.17, 15) is 0 Å². The second kappa shape index (κ2) is 6.41. The topological polar surface area (TPSA) is 6.48 Å². The minimum absolute atomic E-state index is 0.712. The molecular formula is C14H28N2. The van der Waals surface area contributed by atoms with E-state index in [0.717, 1.165) is 12.6 Å². The monoisotopic (exact) mass is 224 g/mol. The molecule has 1 fully saturated rings. The van der Waals surface area contributed by atoms with E-state index in [1.165, 1.54) is 31.5 Å². The van der Waals surface area contributed by atoms with Crippen molar-refractivity contribution < 1.29 is 0 Å². The van der Waals surface area contributed by atoms with Crippen molar-refractivity contribution in [3.05, 3.63) is 11.6 Å². The average molecular weight is 224 g/mol. The van der Waals surface area contributed by atoms with Gasteiger partial charge in [-0.25, -0.2) is 0 Å². The van der Waals surface area contributed by atoms with Gasteiger partial charge in [0, 0.05) is 18.6 Å². The lowest BCUT2D eigenvalue weighted by Gasteiger charge is -2.38. The van der Waals surface area contributed by atoms with Gasteiger partial charge in [0.1, 0.15) is 0 Å². The van der Waals surface area contributed by atoms with Gasteiger partial charge in [-0.3, -0.25) is 4.90 Å². The molecule has 1 saturated heterocycles. The number of hydrogen-bond acceptors (Lipinski definition) is 2. The Morgan fingerprint density at radius 1 is 1.31 bits per heavy atom. The molecule has 16 heavy (non-hydrogen) atoms. The van der Waals surface area contributed by atoms with Crippen LogP contribution in [0.15, 0.2) is 11.6 Å². The van der Waals surface area contributed by atoms with Crippen molar-refractivity contribution in [1.82, 2.24) is 9.80 Å². The number of piperidine rings is 1. The molecule has 1 aliphatic rings. The van der Waals surface area contributed by atoms with Crippen molar-refractivity contribution in [1.29, 1.82) is 0 Å². The molecule has 1 aliphatic heterocycles. The largest absolute Gasteiger partial charge is 0.301 e. The molecule has 0 aromatic heterocycles. The fourth-order valence-electron chi connectivity index (χ4n) is 2.32. The quantitative estimate of drug-likeness (QED) is 0.678. The zero-order valence-electron chi connectivity index (χ0n) is 11.7. The summed E-state index contributed by atoms with van der Waals surface area (Å²) >= 11 is 0. The molecular weight excluding hydrogens is 196 g/mol. The first-order valence-corrected chi connectivity index (χ1v) is 6.58. The Hall–Kier alpha value is -0.340. The summed E-state index contributed by atoms with van der Waals surface area (Å²) in [5.41, 5.74) is 1.42. The van der Waals surface area contributed by atoms with E-state index in [0.29, 0.717) is 6.04 Å². The summed E-state index contributed by atoms with van der Waals surface area (Å²) in [5.74, 6) is 0. The SMILES string of the molecule is CC(C)=CCN(C)C1CCN(C(C)C)CC1. The Morgan fingerprint density at radius 3 is 2.31 bits per heavy atom. The highest BCUT2D eigenvalue weighted by Crippen LogP contribution is 2.17. The van der Waals surface area contributed by atoms with E-state index < -0.39 is 0 Å². The van der Waals surface area contributed by atoms with Crippen LogP contribution in [0.25, 0.3) is 0 Å². The van der Waals surface area contributed by atoms with Crippen molar-refractivity contribution in [2.75, 3.05) is 26.7 Å². The molecule has 0 aromatic rings. The van der Waals surface area contributed by atoms with Crippen molar-refractivity contribution in [3.8, 4) is 0 Å². The van der Waals surface area contributed by atoms with Crippen LogP contribution < -0.4 is 0 Å². The number of likely N-dealkylation sites (tertiary alicyclic amines) is 1. The highest BCUT2D eigenvalue weighted by molar-refractivity contribution is 4.95. The van der Waals surface area contributed by atoms with E-state index in [1.807, 2.05) is 0 Å². The minimum Gasteiger partial charge on any atom is -0.301 e. The van der Waals surface area contributed by atoms with Gasteiger partial charge in [0.05, 0.1) is 0 Å². The molecule has 0 atom stereocenters. The molecule has 0 radical (unpaired) electrons. The van der Waals surface area contributed by atoms with Crippen molar-refractivity contribution >= 4 is 0 Å². The Bertz CT molecular complexity index is 221. The molecule has 1 rings (SSSR count). The standard InChI is InChI=1S/C14H28N2/c1-12(2)6-9-15(5)14-7-10-16(11-8-14)13(3)4/h6,13-14H,7-11H2,1-5H3. The van der Waals surface area contributed by atoms with Gasteiger partial charge in [-0.15, -0.1) is 0 Å². The molecule has 0 amide bonds. The molecule has 94 valence electrons. The third-order valence-corrected chi connectivity index (χ3v) is 3.64. The van der Waals surface area contributed by atoms with E-state index >= 15 is 0 Å². The Balaban J connectivity index is 2.33. The molecule has 0 bridgehead atoms. The normalized spacial score (nSPS) is 19.4. The fourth-order valence-corrected chi connectivity index (χ4v) is 2.32. The molecule has 0 unspecified atom stereocenters. The summed E-state index contributed by atoms with van der Waals surface area (Å²) in [4.78, 5) is 5.09. The second-order valence-corrected chi connectivity index (χ2v) is 5.58. The highest BCUT2D eigenvalue weighted by Gasteiger charge is 2.22. The van der Waals surface area contributed by atoms with E-state index in [-0.39, 0.29) is 0 Å². The number of nitrogens with zero attached hydrogens (tertiary/aromatic N) is 2. The van der Waals surface area contributed by atoms with Gasteiger partial charge in [-0.2, -0.15) is 0 Å². The molecule has 2 heteroatoms. The van der Waals surface area contributed by atoms with E-state index in [2.05, 4.69) is 50.6 Å². The molecule has 0 aliphatic carbocycles. The van der Waals surface area contributed by atoms with Gasteiger partial charge >= 0.3 is 0 Å². The molecule has 1 heterocycles. The summed E-state index contributed by atoms with van der Waals surface area (Å²) in [6.45, 7) is 12.6. The molecule has 0 N–H and O–H groups in total. The molecule has 0 saturated carbocycles. The van der Waals surface area contributed by atoms with Gasteiger partial charge in [0.25, 0.3) is 0 Å². The summed E-state index contributed by atoms with van der Waals surface area (Å²) < 4.78 is 0. The molecule has 0 aromatic carbocycles. The van der Waals surface area contributed by atoms with Crippen LogP contribution in [0.1, 0.15) is 40.5 Å². The van der Waals surface area contributed by atoms with Crippen molar-refractivity contribution in [2.24, 2.45) is 0 Å². The first-order chi connectivity index (χ1) is 7.50. The predicted molar refractivity (Wildman–Crippen MR) is 71.8 cm³/mol. The second-order valence-electron chi connectivity index (χ2n) is 5.58. The van der Waals surface area contributed by atoms with Crippen LogP contribution in [0.5, 0.6) is 0 Å². The van der Waals surface area contributed by atoms with Crippen LogP contribution in [0, 0.1) is 0 Å². The zero-order chi connectivity index (χ0) is 12.1. The smallest absolute Gasteiger partial charge is 0.0165 e. The van der Waals surface area contributed by atoms with Gasteiger partial charge in [-0.1, -0.05) is 11.6 Å². The zero-order valence-corrected chi connectivity index (χ0v) is 11.7. The van der Waals surface area contributed by atoms with Gasteiger partial charge in [-0.05, 0) is 60.7 Å². The van der Waals surface area contributed by atoms with Crippen LogP contribution in [-0.4, -0.2) is 48.6 Å². The first-order valence-electron chi connectivity index (χ1n) is 6.58. The van der Waals surface area contributed by atoms with Gasteiger partial charge < -0.3 is 4.90 Å². The van der Waals surface area contributed by atoms with Gasteiger partial charge in [0.2, 0.25) is 0 Å². The van der Waals surface area contributed by atoms with E-state index in [4.69, 9.17) is 0 Å². The third kappa shape index (κ3) is 4.26. The van der Waals surface area contributed by atoms with Crippen LogP contribution >= 0.6 is 0 Å². The van der Waals surface area contributed by atoms with Crippen LogP contribution in [0.2, 0.25) is 0 Å². The first kappa shape index (κ1) is 13.7. The lowest BCUT2D eigenvalue weighted by Crippen LogP contribution is -2.45. The number of likely N-dealkylation sites (N-methyl/N-ethyl adjacent to an activating group) is 1. The summed E-state index contributed by atoms with van der Waals surface area (Å²) in [6.07, 6.45) is 4.98. The van der Waals surface area contributed by atoms with Crippen LogP contribution in [-0.2, 0) is 0 Å². The Labute approximate surface area is 101 Å². The van der Waals surface area contributed by atoms with Crippen molar-refractivity contribution in [2.45, 2.75) is 52.6 Å². The molecule has 2 nitrogen and oxygen atoms in total. The lowest BCUT2D eigenvalue weighted by molar-refractivity contribution is 0.114. The minimum atomic E-state index is 0.712. The van der Waals surface area contributed by atoms with Crippen LogP contribution in [0.3, 0.4) is 0 Å². The summed E-state index contributed by atoms with van der Waals surface area (Å²) in [7, 11) is 2.26. The Kier molecular flexibility index (Phi) is 5.50. The maximum atomic E-state index is 2.59. The summed E-state index contributed by atoms with van der Waals surface area (Å²) in [6, 6.07) is 1.50. The third-order valence-electron chi connectivity index (χ3n) is 3.64. The molecule has 0 spiro atoms. The van der Waals surface area contributed by atoms with E-state index in [1.54, 1.807) is 0 Å². The number of rotatable bonds is 4. The maximum absolute atomic E-state index is 2.59. The predicted octanol–water partition coefficient (Wildman–Crippen LogP) is 2.76. The van der Waals surface area contributed by atoms with Crippen LogP contribution in [0.4, 0.5) is 0 Å².